The molecule has 41 heavy (non-hydrogen) atoms. The molecule has 5 aromatic rings. The molecular formula is C36H29NO2Si2. The Hall–Kier alpha value is -4.33. The van der Waals surface area contributed by atoms with Crippen molar-refractivity contribution in [2.24, 2.45) is 0 Å². The third-order valence-corrected chi connectivity index (χ3v) is 16.5. The first-order valence-corrected chi connectivity index (χ1v) is 20.2. The Kier molecular flexibility index (Phi) is 4.85. The summed E-state index contributed by atoms with van der Waals surface area (Å²) >= 11 is 0. The van der Waals surface area contributed by atoms with E-state index in [9.17, 15) is 9.59 Å². The molecule has 2 heterocycles. The molecular weight excluding hydrogens is 535 g/mol. The second kappa shape index (κ2) is 8.12. The van der Waals surface area contributed by atoms with Crippen molar-refractivity contribution in [2.75, 3.05) is 4.90 Å². The summed E-state index contributed by atoms with van der Waals surface area (Å²) < 4.78 is 0. The number of nitrogens with zero attached hydrogens (tertiary/aromatic N) is 1. The first-order valence-electron chi connectivity index (χ1n) is 14.2. The Bertz CT molecular complexity index is 1920. The molecule has 5 heteroatoms. The van der Waals surface area contributed by atoms with Crippen LogP contribution < -0.4 is 25.6 Å². The number of carbonyl (C=O) groups is 2. The predicted molar refractivity (Wildman–Crippen MR) is 175 cm³/mol. The summed E-state index contributed by atoms with van der Waals surface area (Å²) in [6.45, 7) is 9.71. The SMILES string of the molecule is C[Si]1(C)c2ccccc2N2c3ccccc3[Si](C)(C)c3cc(C=C4C(=O)c5cc6ccccc6cc5C4=O)cc1c32. The quantitative estimate of drug-likeness (QED) is 0.142. The number of carbonyl (C=O) groups excluding carboxylic acids is 2. The fraction of sp³-hybridized carbons (Fsp3) is 0.111. The average Bonchev–Trinajstić information content (AvgIpc) is 3.20. The standard InChI is InChI=1S/C36H29NO2Si2/c1-40(2)30-15-9-7-13-28(30)37-29-14-8-10-16-31(29)41(3,4)33-19-22(18-32(40)34(33)37)17-27-35(38)25-20-23-11-5-6-12-24(23)21-26(25)36(27)39/h5-21H,1-4H3. The molecule has 0 fully saturated rings. The van der Waals surface area contributed by atoms with Gasteiger partial charge in [0.15, 0.2) is 11.6 Å². The maximum absolute atomic E-state index is 13.7. The molecule has 0 radical (unpaired) electrons. The van der Waals surface area contributed by atoms with Crippen LogP contribution in [0.15, 0.2) is 103 Å². The van der Waals surface area contributed by atoms with Crippen LogP contribution in [0, 0.1) is 0 Å². The Morgan fingerprint density at radius 1 is 0.561 bits per heavy atom. The Balaban J connectivity index is 1.37. The number of Topliss-reactive ketones (excluding diaryl/α,β-unsaturated/α-hetero) is 2. The normalized spacial score (nSPS) is 17.2. The van der Waals surface area contributed by atoms with Gasteiger partial charge < -0.3 is 4.90 Å². The van der Waals surface area contributed by atoms with Gasteiger partial charge in [-0.2, -0.15) is 0 Å². The molecule has 0 unspecified atom stereocenters. The van der Waals surface area contributed by atoms with Crippen LogP contribution in [0.1, 0.15) is 26.3 Å². The van der Waals surface area contributed by atoms with Gasteiger partial charge >= 0.3 is 0 Å². The zero-order valence-electron chi connectivity index (χ0n) is 23.6. The fourth-order valence-electron chi connectivity index (χ4n) is 7.30. The van der Waals surface area contributed by atoms with Crippen molar-refractivity contribution in [3.05, 3.63) is 119 Å². The van der Waals surface area contributed by atoms with Gasteiger partial charge in [0, 0.05) is 28.2 Å². The lowest BCUT2D eigenvalue weighted by atomic mass is 10.0. The molecule has 198 valence electrons. The van der Waals surface area contributed by atoms with E-state index < -0.39 is 16.1 Å². The summed E-state index contributed by atoms with van der Waals surface area (Å²) in [5, 5.41) is 7.51. The second-order valence-corrected chi connectivity index (χ2v) is 21.2. The van der Waals surface area contributed by atoms with Crippen molar-refractivity contribution in [1.29, 1.82) is 0 Å². The van der Waals surface area contributed by atoms with Gasteiger partial charge in [0.25, 0.3) is 0 Å². The van der Waals surface area contributed by atoms with Crippen LogP contribution >= 0.6 is 0 Å². The number of hydrogen-bond donors (Lipinski definition) is 0. The number of para-hydroxylation sites is 2. The summed E-state index contributed by atoms with van der Waals surface area (Å²) in [5.74, 6) is -0.347. The molecule has 5 aromatic carbocycles. The summed E-state index contributed by atoms with van der Waals surface area (Å²) in [5.41, 5.74) is 6.14. The molecule has 3 nitrogen and oxygen atoms in total. The monoisotopic (exact) mass is 563 g/mol. The van der Waals surface area contributed by atoms with Gasteiger partial charge in [-0.3, -0.25) is 9.59 Å². The van der Waals surface area contributed by atoms with Crippen molar-refractivity contribution in [2.45, 2.75) is 26.2 Å². The van der Waals surface area contributed by atoms with Crippen LogP contribution in [-0.2, 0) is 0 Å². The summed E-state index contributed by atoms with van der Waals surface area (Å²) in [4.78, 5) is 29.8. The summed E-state index contributed by atoms with van der Waals surface area (Å²) in [6, 6.07) is 33.9. The van der Waals surface area contributed by atoms with Crippen molar-refractivity contribution in [1.82, 2.24) is 0 Å². The smallest absolute Gasteiger partial charge is 0.197 e. The van der Waals surface area contributed by atoms with Crippen LogP contribution in [0.3, 0.4) is 0 Å². The zero-order chi connectivity index (χ0) is 28.3. The van der Waals surface area contributed by atoms with Crippen molar-refractivity contribution in [3.63, 3.8) is 0 Å². The van der Waals surface area contributed by atoms with E-state index in [1.807, 2.05) is 42.5 Å². The van der Waals surface area contributed by atoms with Gasteiger partial charge in [0.2, 0.25) is 0 Å². The Labute approximate surface area is 241 Å². The van der Waals surface area contributed by atoms with Crippen LogP contribution in [0.4, 0.5) is 17.1 Å². The molecule has 2 aliphatic heterocycles. The highest BCUT2D eigenvalue weighted by Gasteiger charge is 2.47. The van der Waals surface area contributed by atoms with Crippen LogP contribution in [0.25, 0.3) is 16.8 Å². The molecule has 0 spiro atoms. The van der Waals surface area contributed by atoms with Gasteiger partial charge in [-0.05, 0) is 67.4 Å². The number of hydrogen-bond acceptors (Lipinski definition) is 3. The minimum atomic E-state index is -2.11. The van der Waals surface area contributed by atoms with E-state index in [4.69, 9.17) is 0 Å². The average molecular weight is 564 g/mol. The highest BCUT2D eigenvalue weighted by Crippen LogP contribution is 2.41. The van der Waals surface area contributed by atoms with Gasteiger partial charge in [0.05, 0.1) is 5.57 Å². The predicted octanol–water partition coefficient (Wildman–Crippen LogP) is 6.04. The van der Waals surface area contributed by atoms with E-state index in [1.54, 1.807) is 0 Å². The maximum Gasteiger partial charge on any atom is 0.197 e. The minimum absolute atomic E-state index is 0.174. The molecule has 0 saturated heterocycles. The lowest BCUT2D eigenvalue weighted by Gasteiger charge is -2.48. The minimum Gasteiger partial charge on any atom is -0.311 e. The van der Waals surface area contributed by atoms with Gasteiger partial charge in [0.1, 0.15) is 16.1 Å². The first-order chi connectivity index (χ1) is 19.7. The molecule has 0 N–H and O–H groups in total. The highest BCUT2D eigenvalue weighted by molar-refractivity contribution is 7.06. The fourth-order valence-corrected chi connectivity index (χ4v) is 13.4. The summed E-state index contributed by atoms with van der Waals surface area (Å²) in [7, 11) is -4.21. The highest BCUT2D eigenvalue weighted by atomic mass is 28.3. The van der Waals surface area contributed by atoms with Gasteiger partial charge in [-0.15, -0.1) is 0 Å². The number of fused-ring (bicyclic) bond motifs is 6. The third kappa shape index (κ3) is 3.19. The van der Waals surface area contributed by atoms with Crippen molar-refractivity contribution >= 4 is 82.4 Å². The number of benzene rings is 5. The van der Waals surface area contributed by atoms with E-state index in [-0.39, 0.29) is 17.1 Å². The van der Waals surface area contributed by atoms with Gasteiger partial charge in [-0.25, -0.2) is 0 Å². The molecule has 0 bridgehead atoms. The van der Waals surface area contributed by atoms with E-state index in [0.29, 0.717) is 11.1 Å². The van der Waals surface area contributed by atoms with E-state index >= 15 is 0 Å². The number of rotatable bonds is 1. The zero-order valence-corrected chi connectivity index (χ0v) is 25.6. The Morgan fingerprint density at radius 3 is 1.49 bits per heavy atom. The molecule has 1 aliphatic carbocycles. The molecule has 0 aromatic heterocycles. The second-order valence-electron chi connectivity index (χ2n) is 12.5. The Morgan fingerprint density at radius 2 is 1.00 bits per heavy atom. The molecule has 8 rings (SSSR count). The molecule has 0 saturated carbocycles. The molecule has 0 amide bonds. The van der Waals surface area contributed by atoms with E-state index in [2.05, 4.69) is 91.8 Å². The van der Waals surface area contributed by atoms with Crippen molar-refractivity contribution < 1.29 is 9.59 Å². The maximum atomic E-state index is 13.7. The van der Waals surface area contributed by atoms with Crippen LogP contribution in [-0.4, -0.2) is 27.7 Å². The first kappa shape index (κ1) is 24.5. The number of anilines is 3. The number of allylic oxidation sites excluding steroid dienone is 1. The topological polar surface area (TPSA) is 37.4 Å². The third-order valence-electron chi connectivity index (χ3n) is 9.51. The molecule has 3 aliphatic rings. The number of ketones is 2. The lowest BCUT2D eigenvalue weighted by Crippen LogP contribution is -2.66. The molecule has 0 atom stereocenters. The van der Waals surface area contributed by atoms with E-state index in [1.165, 1.54) is 37.8 Å². The van der Waals surface area contributed by atoms with E-state index in [0.717, 1.165) is 16.3 Å². The van der Waals surface area contributed by atoms with Crippen LogP contribution in [0.5, 0.6) is 0 Å². The van der Waals surface area contributed by atoms with Crippen LogP contribution in [0.2, 0.25) is 26.2 Å². The van der Waals surface area contributed by atoms with Crippen molar-refractivity contribution in [3.8, 4) is 0 Å². The van der Waals surface area contributed by atoms with Gasteiger partial charge in [-0.1, -0.05) is 99.0 Å². The largest absolute Gasteiger partial charge is 0.311 e. The lowest BCUT2D eigenvalue weighted by molar-refractivity contribution is 0.0990. The summed E-state index contributed by atoms with van der Waals surface area (Å²) in [6.07, 6.45) is 1.87.